The average molecular weight is 264 g/mol. The molecule has 0 spiro atoms. The number of nitrogens with one attached hydrogen (secondary N) is 1. The Labute approximate surface area is 115 Å². The molecule has 0 unspecified atom stereocenters. The number of benzene rings is 1. The zero-order valence-corrected chi connectivity index (χ0v) is 12.2. The van der Waals surface area contributed by atoms with Crippen molar-refractivity contribution in [2.45, 2.75) is 13.3 Å². The van der Waals surface area contributed by atoms with Crippen LogP contribution in [0.1, 0.15) is 11.1 Å². The fraction of sp³-hybridized carbons (Fsp3) is 0.600. The van der Waals surface area contributed by atoms with Crippen LogP contribution in [0.15, 0.2) is 12.1 Å². The van der Waals surface area contributed by atoms with Crippen molar-refractivity contribution < 1.29 is 9.47 Å². The van der Waals surface area contributed by atoms with Crippen LogP contribution in [0.4, 0.5) is 0 Å². The highest BCUT2D eigenvalue weighted by molar-refractivity contribution is 5.48. The number of methoxy groups -OCH3 is 2. The molecule has 2 rings (SSSR count). The standard InChI is InChI=1S/C15H24N2O2/c1-12-10-13(11-14(18-2)15(12)19-3)4-7-17-8-5-16-6-9-17/h10-11,16H,4-9H2,1-3H3. The Morgan fingerprint density at radius 3 is 2.53 bits per heavy atom. The molecule has 0 amide bonds. The normalized spacial score (nSPS) is 16.4. The zero-order valence-electron chi connectivity index (χ0n) is 12.2. The summed E-state index contributed by atoms with van der Waals surface area (Å²) in [6.07, 6.45) is 1.06. The summed E-state index contributed by atoms with van der Waals surface area (Å²) >= 11 is 0. The average Bonchev–Trinajstić information content (AvgIpc) is 2.45. The van der Waals surface area contributed by atoms with Gasteiger partial charge in [0.15, 0.2) is 11.5 Å². The highest BCUT2D eigenvalue weighted by Gasteiger charge is 2.12. The largest absolute Gasteiger partial charge is 0.493 e. The lowest BCUT2D eigenvalue weighted by Gasteiger charge is -2.27. The minimum absolute atomic E-state index is 0.831. The van der Waals surface area contributed by atoms with Crippen LogP contribution in [-0.4, -0.2) is 51.8 Å². The van der Waals surface area contributed by atoms with Gasteiger partial charge in [0.25, 0.3) is 0 Å². The lowest BCUT2D eigenvalue weighted by Crippen LogP contribution is -2.44. The second-order valence-corrected chi connectivity index (χ2v) is 4.99. The molecule has 1 aromatic carbocycles. The molecular formula is C15H24N2O2. The summed E-state index contributed by atoms with van der Waals surface area (Å²) in [4.78, 5) is 2.50. The molecule has 0 aromatic heterocycles. The summed E-state index contributed by atoms with van der Waals surface area (Å²) in [7, 11) is 3.38. The molecule has 0 aliphatic carbocycles. The monoisotopic (exact) mass is 264 g/mol. The van der Waals surface area contributed by atoms with E-state index < -0.39 is 0 Å². The number of piperazine rings is 1. The Morgan fingerprint density at radius 2 is 1.89 bits per heavy atom. The quantitative estimate of drug-likeness (QED) is 0.873. The van der Waals surface area contributed by atoms with Crippen molar-refractivity contribution in [2.24, 2.45) is 0 Å². The van der Waals surface area contributed by atoms with Crippen LogP contribution in [0.3, 0.4) is 0 Å². The van der Waals surface area contributed by atoms with E-state index in [4.69, 9.17) is 9.47 Å². The molecule has 1 aromatic rings. The van der Waals surface area contributed by atoms with Crippen molar-refractivity contribution in [1.82, 2.24) is 10.2 Å². The molecule has 1 aliphatic heterocycles. The van der Waals surface area contributed by atoms with Crippen molar-refractivity contribution in [2.75, 3.05) is 46.9 Å². The second-order valence-electron chi connectivity index (χ2n) is 4.99. The van der Waals surface area contributed by atoms with E-state index in [0.29, 0.717) is 0 Å². The molecule has 0 radical (unpaired) electrons. The summed E-state index contributed by atoms with van der Waals surface area (Å²) in [5.74, 6) is 1.67. The maximum atomic E-state index is 5.40. The van der Waals surface area contributed by atoms with Gasteiger partial charge in [0, 0.05) is 32.7 Å². The third-order valence-electron chi connectivity index (χ3n) is 3.65. The van der Waals surface area contributed by atoms with E-state index in [0.717, 1.165) is 56.2 Å². The van der Waals surface area contributed by atoms with Gasteiger partial charge in [-0.25, -0.2) is 0 Å². The molecular weight excluding hydrogens is 240 g/mol. The molecule has 0 saturated carbocycles. The maximum Gasteiger partial charge on any atom is 0.163 e. The minimum atomic E-state index is 0.831. The van der Waals surface area contributed by atoms with Gasteiger partial charge in [-0.1, -0.05) is 6.07 Å². The van der Waals surface area contributed by atoms with Crippen LogP contribution in [0, 0.1) is 6.92 Å². The van der Waals surface area contributed by atoms with Gasteiger partial charge in [0.05, 0.1) is 14.2 Å². The smallest absolute Gasteiger partial charge is 0.163 e. The van der Waals surface area contributed by atoms with Crippen LogP contribution in [-0.2, 0) is 6.42 Å². The highest BCUT2D eigenvalue weighted by Crippen LogP contribution is 2.32. The molecule has 0 bridgehead atoms. The Morgan fingerprint density at radius 1 is 1.16 bits per heavy atom. The van der Waals surface area contributed by atoms with Gasteiger partial charge in [-0.15, -0.1) is 0 Å². The molecule has 1 N–H and O–H groups in total. The molecule has 19 heavy (non-hydrogen) atoms. The summed E-state index contributed by atoms with van der Waals surface area (Å²) in [5, 5.41) is 3.38. The highest BCUT2D eigenvalue weighted by atomic mass is 16.5. The fourth-order valence-electron chi connectivity index (χ4n) is 2.59. The summed E-state index contributed by atoms with van der Waals surface area (Å²) in [6, 6.07) is 4.29. The summed E-state index contributed by atoms with van der Waals surface area (Å²) < 4.78 is 10.8. The van der Waals surface area contributed by atoms with Crippen molar-refractivity contribution in [3.63, 3.8) is 0 Å². The molecule has 106 valence electrons. The van der Waals surface area contributed by atoms with E-state index in [1.54, 1.807) is 14.2 Å². The van der Waals surface area contributed by atoms with Gasteiger partial charge in [-0.2, -0.15) is 0 Å². The fourth-order valence-corrected chi connectivity index (χ4v) is 2.59. The van der Waals surface area contributed by atoms with Crippen molar-refractivity contribution >= 4 is 0 Å². The van der Waals surface area contributed by atoms with Gasteiger partial charge in [0.1, 0.15) is 0 Å². The molecule has 1 heterocycles. The van der Waals surface area contributed by atoms with Crippen LogP contribution in [0.2, 0.25) is 0 Å². The Kier molecular flexibility index (Phi) is 5.05. The van der Waals surface area contributed by atoms with Crippen LogP contribution in [0.25, 0.3) is 0 Å². The first kappa shape index (κ1) is 14.2. The predicted octanol–water partition coefficient (Wildman–Crippen LogP) is 1.46. The van der Waals surface area contributed by atoms with Crippen molar-refractivity contribution in [1.29, 1.82) is 0 Å². The number of nitrogens with zero attached hydrogens (tertiary/aromatic N) is 1. The van der Waals surface area contributed by atoms with E-state index in [-0.39, 0.29) is 0 Å². The maximum absolute atomic E-state index is 5.40. The van der Waals surface area contributed by atoms with Crippen molar-refractivity contribution in [3.05, 3.63) is 23.3 Å². The molecule has 1 aliphatic rings. The van der Waals surface area contributed by atoms with Gasteiger partial charge in [-0.3, -0.25) is 0 Å². The molecule has 1 saturated heterocycles. The molecule has 4 nitrogen and oxygen atoms in total. The SMILES string of the molecule is COc1cc(CCN2CCNCC2)cc(C)c1OC. The lowest BCUT2D eigenvalue weighted by molar-refractivity contribution is 0.243. The Balaban J connectivity index is 2.01. The first-order valence-electron chi connectivity index (χ1n) is 6.89. The Bertz CT molecular complexity index is 415. The van der Waals surface area contributed by atoms with Gasteiger partial charge >= 0.3 is 0 Å². The lowest BCUT2D eigenvalue weighted by atomic mass is 10.1. The number of rotatable bonds is 5. The second kappa shape index (κ2) is 6.78. The van der Waals surface area contributed by atoms with Crippen LogP contribution in [0.5, 0.6) is 11.5 Å². The Hall–Kier alpha value is -1.26. The first-order chi connectivity index (χ1) is 9.24. The molecule has 1 fully saturated rings. The summed E-state index contributed by atoms with van der Waals surface area (Å²) in [5.41, 5.74) is 2.45. The van der Waals surface area contributed by atoms with Crippen LogP contribution >= 0.6 is 0 Å². The van der Waals surface area contributed by atoms with Gasteiger partial charge < -0.3 is 19.7 Å². The summed E-state index contributed by atoms with van der Waals surface area (Å²) in [6.45, 7) is 7.67. The number of aryl methyl sites for hydroxylation is 1. The number of hydrogen-bond acceptors (Lipinski definition) is 4. The van der Waals surface area contributed by atoms with E-state index in [2.05, 4.69) is 29.3 Å². The van der Waals surface area contributed by atoms with E-state index >= 15 is 0 Å². The first-order valence-corrected chi connectivity index (χ1v) is 6.89. The number of ether oxygens (including phenoxy) is 2. The van der Waals surface area contributed by atoms with E-state index in [1.165, 1.54) is 5.56 Å². The number of hydrogen-bond donors (Lipinski definition) is 1. The third kappa shape index (κ3) is 3.61. The molecule has 4 heteroatoms. The van der Waals surface area contributed by atoms with E-state index in [1.807, 2.05) is 0 Å². The zero-order chi connectivity index (χ0) is 13.7. The third-order valence-corrected chi connectivity index (χ3v) is 3.65. The van der Waals surface area contributed by atoms with Crippen LogP contribution < -0.4 is 14.8 Å². The van der Waals surface area contributed by atoms with Gasteiger partial charge in [-0.05, 0) is 30.5 Å². The van der Waals surface area contributed by atoms with Crippen molar-refractivity contribution in [3.8, 4) is 11.5 Å². The minimum Gasteiger partial charge on any atom is -0.493 e. The topological polar surface area (TPSA) is 33.7 Å². The van der Waals surface area contributed by atoms with E-state index in [9.17, 15) is 0 Å². The molecule has 0 atom stereocenters. The van der Waals surface area contributed by atoms with Gasteiger partial charge in [0.2, 0.25) is 0 Å². The predicted molar refractivity (Wildman–Crippen MR) is 77.3 cm³/mol.